The highest BCUT2D eigenvalue weighted by molar-refractivity contribution is 5.84. The molecule has 0 aliphatic heterocycles. The summed E-state index contributed by atoms with van der Waals surface area (Å²) < 4.78 is 0. The fraction of sp³-hybridized carbons (Fsp3) is 0.429. The monoisotopic (exact) mass is 264 g/mol. The first-order valence-electron chi connectivity index (χ1n) is 6.31. The van der Waals surface area contributed by atoms with Crippen LogP contribution in [0.25, 0.3) is 0 Å². The highest BCUT2D eigenvalue weighted by Crippen LogP contribution is 2.06. The first kappa shape index (κ1) is 15.2. The molecule has 1 aromatic carbocycles. The van der Waals surface area contributed by atoms with E-state index in [1.807, 2.05) is 30.3 Å². The number of carbonyl (C=O) groups excluding carboxylic acids is 1. The van der Waals surface area contributed by atoms with Gasteiger partial charge < -0.3 is 16.2 Å². The molecule has 1 rings (SSSR count). The minimum Gasteiger partial charge on any atom is -0.480 e. The van der Waals surface area contributed by atoms with Crippen LogP contribution >= 0.6 is 0 Å². The molecule has 2 atom stereocenters. The van der Waals surface area contributed by atoms with Crippen LogP contribution in [0.1, 0.15) is 18.9 Å². The minimum absolute atomic E-state index is 0.205. The van der Waals surface area contributed by atoms with Crippen LogP contribution in [0, 0.1) is 5.92 Å². The summed E-state index contributed by atoms with van der Waals surface area (Å²) in [7, 11) is 0. The first-order chi connectivity index (χ1) is 9.04. The van der Waals surface area contributed by atoms with E-state index in [1.165, 1.54) is 0 Å². The number of carboxylic acids is 1. The zero-order valence-corrected chi connectivity index (χ0v) is 11.0. The molecule has 0 fully saturated rings. The second-order valence-electron chi connectivity index (χ2n) is 4.56. The van der Waals surface area contributed by atoms with Crippen LogP contribution in [0.2, 0.25) is 0 Å². The van der Waals surface area contributed by atoms with Crippen LogP contribution in [0.5, 0.6) is 0 Å². The van der Waals surface area contributed by atoms with Crippen molar-refractivity contribution in [1.82, 2.24) is 5.32 Å². The Labute approximate surface area is 112 Å². The number of rotatable bonds is 7. The molecular weight excluding hydrogens is 244 g/mol. The Hall–Kier alpha value is -1.88. The summed E-state index contributed by atoms with van der Waals surface area (Å²) in [4.78, 5) is 22.8. The summed E-state index contributed by atoms with van der Waals surface area (Å²) in [5.74, 6) is -1.71. The standard InChI is InChI=1S/C14H20N2O3/c1-10(9-15)13(17)16-12(14(18)19)8-7-11-5-3-2-4-6-11/h2-6,10,12H,7-9,15H2,1H3,(H,16,17)(H,18,19)/t10?,12-/m0/s1. The lowest BCUT2D eigenvalue weighted by Gasteiger charge is -2.17. The van der Waals surface area contributed by atoms with E-state index in [0.717, 1.165) is 5.56 Å². The quantitative estimate of drug-likeness (QED) is 0.678. The van der Waals surface area contributed by atoms with Crippen molar-refractivity contribution in [2.75, 3.05) is 6.54 Å². The van der Waals surface area contributed by atoms with E-state index < -0.39 is 12.0 Å². The molecule has 0 spiro atoms. The van der Waals surface area contributed by atoms with Crippen molar-refractivity contribution in [3.8, 4) is 0 Å². The average molecular weight is 264 g/mol. The molecule has 0 saturated heterocycles. The lowest BCUT2D eigenvalue weighted by molar-refractivity contribution is -0.142. The van der Waals surface area contributed by atoms with Crippen molar-refractivity contribution < 1.29 is 14.7 Å². The van der Waals surface area contributed by atoms with Gasteiger partial charge in [0, 0.05) is 12.5 Å². The molecule has 0 bridgehead atoms. The number of amides is 1. The van der Waals surface area contributed by atoms with Crippen molar-refractivity contribution in [2.45, 2.75) is 25.8 Å². The third kappa shape index (κ3) is 5.09. The fourth-order valence-electron chi connectivity index (χ4n) is 1.63. The number of nitrogens with one attached hydrogen (secondary N) is 1. The fourth-order valence-corrected chi connectivity index (χ4v) is 1.63. The normalized spacial score (nSPS) is 13.6. The topological polar surface area (TPSA) is 92.4 Å². The first-order valence-corrected chi connectivity index (χ1v) is 6.31. The molecule has 0 heterocycles. The number of aliphatic carboxylic acids is 1. The maximum Gasteiger partial charge on any atom is 0.326 e. The van der Waals surface area contributed by atoms with Crippen LogP contribution in [0.3, 0.4) is 0 Å². The van der Waals surface area contributed by atoms with Gasteiger partial charge in [-0.15, -0.1) is 0 Å². The van der Waals surface area contributed by atoms with Crippen LogP contribution in [0.15, 0.2) is 30.3 Å². The van der Waals surface area contributed by atoms with E-state index in [4.69, 9.17) is 10.8 Å². The van der Waals surface area contributed by atoms with Crippen molar-refractivity contribution in [3.63, 3.8) is 0 Å². The van der Waals surface area contributed by atoms with Gasteiger partial charge in [-0.05, 0) is 18.4 Å². The number of hydrogen-bond donors (Lipinski definition) is 3. The van der Waals surface area contributed by atoms with Gasteiger partial charge in [0.25, 0.3) is 0 Å². The van der Waals surface area contributed by atoms with Gasteiger partial charge in [-0.3, -0.25) is 4.79 Å². The lowest BCUT2D eigenvalue weighted by Crippen LogP contribution is -2.44. The third-order valence-electron chi connectivity index (χ3n) is 2.98. The molecule has 1 unspecified atom stereocenters. The van der Waals surface area contributed by atoms with Gasteiger partial charge in [0.15, 0.2) is 0 Å². The predicted molar refractivity (Wildman–Crippen MR) is 72.5 cm³/mol. The van der Waals surface area contributed by atoms with E-state index in [2.05, 4.69) is 5.32 Å². The van der Waals surface area contributed by atoms with Gasteiger partial charge in [0.05, 0.1) is 0 Å². The van der Waals surface area contributed by atoms with E-state index in [0.29, 0.717) is 12.8 Å². The zero-order valence-electron chi connectivity index (χ0n) is 11.0. The van der Waals surface area contributed by atoms with Crippen LogP contribution < -0.4 is 11.1 Å². The number of carbonyl (C=O) groups is 2. The molecule has 0 aliphatic rings. The largest absolute Gasteiger partial charge is 0.480 e. The van der Waals surface area contributed by atoms with Gasteiger partial charge in [-0.25, -0.2) is 4.79 Å². The molecule has 0 radical (unpaired) electrons. The van der Waals surface area contributed by atoms with Crippen LogP contribution in [0.4, 0.5) is 0 Å². The molecule has 104 valence electrons. The summed E-state index contributed by atoms with van der Waals surface area (Å²) in [6.07, 6.45) is 0.970. The Kier molecular flexibility index (Phi) is 6.02. The lowest BCUT2D eigenvalue weighted by atomic mass is 10.0. The molecule has 1 amide bonds. The molecule has 0 saturated carbocycles. The third-order valence-corrected chi connectivity index (χ3v) is 2.98. The van der Waals surface area contributed by atoms with Gasteiger partial charge in [0.2, 0.25) is 5.91 Å². The smallest absolute Gasteiger partial charge is 0.326 e. The van der Waals surface area contributed by atoms with Gasteiger partial charge in [0.1, 0.15) is 6.04 Å². The summed E-state index contributed by atoms with van der Waals surface area (Å²) in [6.45, 7) is 1.88. The van der Waals surface area contributed by atoms with E-state index in [-0.39, 0.29) is 18.4 Å². The van der Waals surface area contributed by atoms with Crippen LogP contribution in [-0.2, 0) is 16.0 Å². The Balaban J connectivity index is 2.54. The number of carboxylic acid groups (broad SMARTS) is 1. The van der Waals surface area contributed by atoms with E-state index in [9.17, 15) is 9.59 Å². The second-order valence-corrected chi connectivity index (χ2v) is 4.56. The number of benzene rings is 1. The maximum atomic E-state index is 11.6. The minimum atomic E-state index is -1.02. The highest BCUT2D eigenvalue weighted by atomic mass is 16.4. The van der Waals surface area contributed by atoms with Gasteiger partial charge in [-0.1, -0.05) is 37.3 Å². The highest BCUT2D eigenvalue weighted by Gasteiger charge is 2.21. The number of nitrogens with two attached hydrogens (primary N) is 1. The summed E-state index contributed by atoms with van der Waals surface area (Å²) >= 11 is 0. The second kappa shape index (κ2) is 7.53. The SMILES string of the molecule is CC(CN)C(=O)N[C@@H](CCc1ccccc1)C(=O)O. The van der Waals surface area contributed by atoms with E-state index in [1.54, 1.807) is 6.92 Å². The van der Waals surface area contributed by atoms with E-state index >= 15 is 0 Å². The Bertz CT molecular complexity index is 420. The van der Waals surface area contributed by atoms with Crippen molar-refractivity contribution in [2.24, 2.45) is 11.7 Å². The number of aryl methyl sites for hydroxylation is 1. The van der Waals surface area contributed by atoms with Crippen LogP contribution in [-0.4, -0.2) is 29.6 Å². The molecule has 5 nitrogen and oxygen atoms in total. The summed E-state index contributed by atoms with van der Waals surface area (Å²) in [5.41, 5.74) is 6.43. The van der Waals surface area contributed by atoms with Crippen molar-refractivity contribution in [3.05, 3.63) is 35.9 Å². The number of hydrogen-bond acceptors (Lipinski definition) is 3. The Morgan fingerprint density at radius 2 is 1.95 bits per heavy atom. The maximum absolute atomic E-state index is 11.6. The Morgan fingerprint density at radius 1 is 1.32 bits per heavy atom. The molecular formula is C14H20N2O3. The molecule has 19 heavy (non-hydrogen) atoms. The van der Waals surface area contributed by atoms with Gasteiger partial charge >= 0.3 is 5.97 Å². The molecule has 5 heteroatoms. The summed E-state index contributed by atoms with van der Waals surface area (Å²) in [6, 6.07) is 8.71. The van der Waals surface area contributed by atoms with Crippen molar-refractivity contribution in [1.29, 1.82) is 0 Å². The summed E-state index contributed by atoms with van der Waals surface area (Å²) in [5, 5.41) is 11.6. The van der Waals surface area contributed by atoms with Crippen molar-refractivity contribution >= 4 is 11.9 Å². The van der Waals surface area contributed by atoms with Gasteiger partial charge in [-0.2, -0.15) is 0 Å². The molecule has 1 aromatic rings. The molecule has 4 N–H and O–H groups in total. The predicted octanol–water partition coefficient (Wildman–Crippen LogP) is 0.783. The Morgan fingerprint density at radius 3 is 2.47 bits per heavy atom. The zero-order chi connectivity index (χ0) is 14.3. The molecule has 0 aliphatic carbocycles. The average Bonchev–Trinajstić information content (AvgIpc) is 2.42. The molecule has 0 aromatic heterocycles.